The zero-order chi connectivity index (χ0) is 9.42. The highest BCUT2D eigenvalue weighted by molar-refractivity contribution is 7.99. The maximum Gasteiger partial charge on any atom is 0.0596 e. The molecular weight excluding hydrogens is 240 g/mol. The van der Waals surface area contributed by atoms with E-state index < -0.39 is 0 Å². The van der Waals surface area contributed by atoms with Crippen LogP contribution in [0.15, 0.2) is 27.3 Å². The van der Waals surface area contributed by atoms with Crippen molar-refractivity contribution in [3.05, 3.63) is 22.5 Å². The van der Waals surface area contributed by atoms with Crippen LogP contribution in [0.5, 0.6) is 0 Å². The zero-order valence-electron chi connectivity index (χ0n) is 6.87. The van der Waals surface area contributed by atoms with Crippen molar-refractivity contribution in [1.29, 1.82) is 0 Å². The molecule has 68 valence electrons. The monoisotopic (exact) mass is 246 g/mol. The van der Waals surface area contributed by atoms with Crippen molar-refractivity contribution in [2.75, 3.05) is 6.26 Å². The molecule has 4 heteroatoms. The number of hydrogen-bond donors (Lipinski definition) is 1. The second kappa shape index (κ2) is 3.73. The molecule has 0 bridgehead atoms. The number of halogens is 1. The molecule has 0 N–H and O–H groups in total. The van der Waals surface area contributed by atoms with Crippen LogP contribution in [0.4, 0.5) is 0 Å². The van der Waals surface area contributed by atoms with Gasteiger partial charge in [-0.2, -0.15) is 0 Å². The fraction of sp³-hybridized carbons (Fsp3) is 0.111. The molecule has 0 atom stereocenters. The Morgan fingerprint density at radius 2 is 2.31 bits per heavy atom. The molecule has 1 aromatic heterocycles. The molecule has 0 aliphatic heterocycles. The molecule has 0 unspecified atom stereocenters. The molecular formula is C9H7ClS3. The van der Waals surface area contributed by atoms with Crippen LogP contribution in [0.2, 0.25) is 5.02 Å². The molecule has 2 rings (SSSR count). The third-order valence-electron chi connectivity index (χ3n) is 1.85. The number of thiophene rings is 1. The van der Waals surface area contributed by atoms with E-state index in [1.165, 1.54) is 0 Å². The van der Waals surface area contributed by atoms with E-state index in [2.05, 4.69) is 18.7 Å². The van der Waals surface area contributed by atoms with Gasteiger partial charge in [-0.05, 0) is 23.8 Å². The normalized spacial score (nSPS) is 11.0. The quantitative estimate of drug-likeness (QED) is 0.568. The Kier molecular flexibility index (Phi) is 2.79. The number of thiol groups is 1. The molecule has 2 aromatic rings. The van der Waals surface area contributed by atoms with Crippen LogP contribution < -0.4 is 0 Å². The summed E-state index contributed by atoms with van der Waals surface area (Å²) in [7, 11) is 0. The summed E-state index contributed by atoms with van der Waals surface area (Å²) in [6.45, 7) is 0. The van der Waals surface area contributed by atoms with Crippen molar-refractivity contribution in [3.8, 4) is 0 Å². The van der Waals surface area contributed by atoms with Gasteiger partial charge < -0.3 is 0 Å². The Bertz CT molecular complexity index is 447. The van der Waals surface area contributed by atoms with Crippen molar-refractivity contribution >= 4 is 57.4 Å². The summed E-state index contributed by atoms with van der Waals surface area (Å²) >= 11 is 13.9. The topological polar surface area (TPSA) is 0 Å². The Morgan fingerprint density at radius 1 is 1.54 bits per heavy atom. The lowest BCUT2D eigenvalue weighted by molar-refractivity contribution is 1.32. The second-order valence-electron chi connectivity index (χ2n) is 2.57. The number of hydrogen-bond acceptors (Lipinski definition) is 3. The van der Waals surface area contributed by atoms with Gasteiger partial charge in [-0.1, -0.05) is 11.6 Å². The maximum absolute atomic E-state index is 6.12. The van der Waals surface area contributed by atoms with E-state index in [-0.39, 0.29) is 0 Å². The first-order chi connectivity index (χ1) is 6.24. The van der Waals surface area contributed by atoms with E-state index in [4.69, 9.17) is 11.6 Å². The molecule has 0 amide bonds. The summed E-state index contributed by atoms with van der Waals surface area (Å²) in [5.41, 5.74) is 0. The molecule has 0 saturated heterocycles. The molecule has 0 saturated carbocycles. The summed E-state index contributed by atoms with van der Waals surface area (Å²) in [5, 5.41) is 4.03. The summed E-state index contributed by atoms with van der Waals surface area (Å²) in [6.07, 6.45) is 2.03. The zero-order valence-corrected chi connectivity index (χ0v) is 10.2. The molecule has 1 aromatic carbocycles. The first-order valence-electron chi connectivity index (χ1n) is 3.66. The fourth-order valence-corrected chi connectivity index (χ4v) is 3.58. The van der Waals surface area contributed by atoms with Crippen LogP contribution in [-0.4, -0.2) is 6.26 Å². The molecule has 0 radical (unpaired) electrons. The van der Waals surface area contributed by atoms with Gasteiger partial charge >= 0.3 is 0 Å². The average molecular weight is 247 g/mol. The Hall–Kier alpha value is 0.170. The number of rotatable bonds is 1. The number of fused-ring (bicyclic) bond motifs is 1. The lowest BCUT2D eigenvalue weighted by Gasteiger charge is -2.04. The average Bonchev–Trinajstić information content (AvgIpc) is 2.60. The van der Waals surface area contributed by atoms with Crippen molar-refractivity contribution in [2.45, 2.75) is 9.79 Å². The van der Waals surface area contributed by atoms with Gasteiger partial charge in [0.05, 0.1) is 9.72 Å². The minimum absolute atomic E-state index is 0.826. The molecule has 0 aliphatic rings. The third-order valence-corrected chi connectivity index (χ3v) is 4.60. The highest BCUT2D eigenvalue weighted by Crippen LogP contribution is 2.38. The van der Waals surface area contributed by atoms with Crippen molar-refractivity contribution in [1.82, 2.24) is 0 Å². The Balaban J connectivity index is 2.85. The highest BCUT2D eigenvalue weighted by Gasteiger charge is 2.08. The molecule has 13 heavy (non-hydrogen) atoms. The maximum atomic E-state index is 6.12. The summed E-state index contributed by atoms with van der Waals surface area (Å²) in [6, 6.07) is 4.04. The smallest absolute Gasteiger partial charge is 0.0596 e. The van der Waals surface area contributed by atoms with Gasteiger partial charge in [0.2, 0.25) is 0 Å². The lowest BCUT2D eigenvalue weighted by atomic mass is 10.2. The van der Waals surface area contributed by atoms with Crippen LogP contribution in [-0.2, 0) is 0 Å². The highest BCUT2D eigenvalue weighted by atomic mass is 35.5. The summed E-state index contributed by atoms with van der Waals surface area (Å²) in [5.74, 6) is 0. The third kappa shape index (κ3) is 1.59. The van der Waals surface area contributed by atoms with E-state index in [1.807, 2.05) is 17.7 Å². The van der Waals surface area contributed by atoms with Crippen molar-refractivity contribution in [3.63, 3.8) is 0 Å². The summed E-state index contributed by atoms with van der Waals surface area (Å²) < 4.78 is 1.13. The predicted molar refractivity (Wildman–Crippen MR) is 65.9 cm³/mol. The van der Waals surface area contributed by atoms with Crippen LogP contribution in [0, 0.1) is 0 Å². The molecule has 0 aliphatic carbocycles. The predicted octanol–water partition coefficient (Wildman–Crippen LogP) is 4.57. The standard InChI is InChI=1S/C9H7ClS3/c1-12-7-4-6(10)9-5(8(7)11)2-3-13-9/h2-4,11H,1H3. The van der Waals surface area contributed by atoms with Gasteiger partial charge in [-0.25, -0.2) is 0 Å². The van der Waals surface area contributed by atoms with E-state index in [1.54, 1.807) is 23.1 Å². The number of benzene rings is 1. The minimum atomic E-state index is 0.826. The van der Waals surface area contributed by atoms with E-state index in [0.29, 0.717) is 0 Å². The number of thioether (sulfide) groups is 1. The molecule has 0 nitrogen and oxygen atoms in total. The van der Waals surface area contributed by atoms with Gasteiger partial charge in [0, 0.05) is 15.2 Å². The second-order valence-corrected chi connectivity index (χ2v) is 5.19. The minimum Gasteiger partial charge on any atom is -0.142 e. The van der Waals surface area contributed by atoms with E-state index in [9.17, 15) is 0 Å². The first-order valence-corrected chi connectivity index (χ1v) is 6.59. The van der Waals surface area contributed by atoms with E-state index >= 15 is 0 Å². The largest absolute Gasteiger partial charge is 0.142 e. The lowest BCUT2D eigenvalue weighted by Crippen LogP contribution is -1.76. The molecule has 0 spiro atoms. The fourth-order valence-electron chi connectivity index (χ4n) is 1.22. The van der Waals surface area contributed by atoms with Gasteiger partial charge in [-0.3, -0.25) is 0 Å². The Labute approximate surface area is 95.7 Å². The van der Waals surface area contributed by atoms with Gasteiger partial charge in [0.25, 0.3) is 0 Å². The molecule has 1 heterocycles. The van der Waals surface area contributed by atoms with E-state index in [0.717, 1.165) is 24.9 Å². The first kappa shape index (κ1) is 9.71. The van der Waals surface area contributed by atoms with Crippen LogP contribution in [0.3, 0.4) is 0 Å². The van der Waals surface area contributed by atoms with Crippen molar-refractivity contribution < 1.29 is 0 Å². The van der Waals surface area contributed by atoms with Gasteiger partial charge in [0.1, 0.15) is 0 Å². The summed E-state index contributed by atoms with van der Waals surface area (Å²) in [4.78, 5) is 2.17. The van der Waals surface area contributed by atoms with Crippen LogP contribution in [0.25, 0.3) is 10.1 Å². The van der Waals surface area contributed by atoms with Crippen LogP contribution >= 0.6 is 47.3 Å². The van der Waals surface area contributed by atoms with Crippen molar-refractivity contribution in [2.24, 2.45) is 0 Å². The van der Waals surface area contributed by atoms with Gasteiger partial charge in [-0.15, -0.1) is 35.7 Å². The SMILES string of the molecule is CSc1cc(Cl)c2sccc2c1S. The van der Waals surface area contributed by atoms with Crippen LogP contribution in [0.1, 0.15) is 0 Å². The molecule has 0 fully saturated rings. The Morgan fingerprint density at radius 3 is 3.00 bits per heavy atom. The van der Waals surface area contributed by atoms with Gasteiger partial charge in [0.15, 0.2) is 0 Å².